The molecule has 3 aromatic rings. The third-order valence-corrected chi connectivity index (χ3v) is 5.43. The molecule has 1 saturated heterocycles. The minimum atomic E-state index is 0.163. The van der Waals surface area contributed by atoms with Crippen LogP contribution in [0.15, 0.2) is 18.2 Å². The van der Waals surface area contributed by atoms with Crippen molar-refractivity contribution in [2.45, 2.75) is 39.7 Å². The molecule has 1 aromatic carbocycles. The van der Waals surface area contributed by atoms with Gasteiger partial charge in [-0.05, 0) is 50.8 Å². The predicted octanol–water partition coefficient (Wildman–Crippen LogP) is 4.23. The molecule has 1 aliphatic rings. The van der Waals surface area contributed by atoms with E-state index >= 15 is 0 Å². The SMILES string of the molecule is Cc1ccc(-c2nc3sc(C4CCCO4)nn3c2C)cc1C. The largest absolute Gasteiger partial charge is 0.371 e. The fourth-order valence-corrected chi connectivity index (χ4v) is 3.96. The molecule has 4 rings (SSSR count). The van der Waals surface area contributed by atoms with E-state index in [1.807, 2.05) is 4.52 Å². The Labute approximate surface area is 133 Å². The topological polar surface area (TPSA) is 39.4 Å². The molecule has 5 heteroatoms. The van der Waals surface area contributed by atoms with E-state index in [0.717, 1.165) is 46.4 Å². The van der Waals surface area contributed by atoms with E-state index in [9.17, 15) is 0 Å². The third kappa shape index (κ3) is 2.16. The summed E-state index contributed by atoms with van der Waals surface area (Å²) in [6.45, 7) is 7.20. The molecule has 1 aliphatic heterocycles. The smallest absolute Gasteiger partial charge is 0.213 e. The number of hydrogen-bond acceptors (Lipinski definition) is 4. The van der Waals surface area contributed by atoms with Crippen molar-refractivity contribution in [3.63, 3.8) is 0 Å². The van der Waals surface area contributed by atoms with Gasteiger partial charge in [-0.25, -0.2) is 9.50 Å². The molecule has 0 spiro atoms. The Balaban J connectivity index is 1.77. The first-order chi connectivity index (χ1) is 10.6. The summed E-state index contributed by atoms with van der Waals surface area (Å²) in [7, 11) is 0. The van der Waals surface area contributed by atoms with Gasteiger partial charge in [0.25, 0.3) is 0 Å². The lowest BCUT2D eigenvalue weighted by Gasteiger charge is -2.05. The molecule has 2 aromatic heterocycles. The number of ether oxygens (including phenoxy) is 1. The van der Waals surface area contributed by atoms with Gasteiger partial charge in [-0.15, -0.1) is 0 Å². The first-order valence-electron chi connectivity index (χ1n) is 7.69. The number of aromatic nitrogens is 3. The zero-order valence-corrected chi connectivity index (χ0v) is 13.9. The summed E-state index contributed by atoms with van der Waals surface area (Å²) in [5, 5.41) is 5.78. The van der Waals surface area contributed by atoms with Gasteiger partial charge < -0.3 is 4.74 Å². The van der Waals surface area contributed by atoms with E-state index in [0.29, 0.717) is 0 Å². The van der Waals surface area contributed by atoms with Crippen molar-refractivity contribution in [3.8, 4) is 11.3 Å². The number of benzene rings is 1. The van der Waals surface area contributed by atoms with Gasteiger partial charge in [0.15, 0.2) is 0 Å². The van der Waals surface area contributed by atoms with Gasteiger partial charge >= 0.3 is 0 Å². The molecule has 22 heavy (non-hydrogen) atoms. The quantitative estimate of drug-likeness (QED) is 0.710. The van der Waals surface area contributed by atoms with E-state index in [4.69, 9.17) is 14.8 Å². The zero-order valence-electron chi connectivity index (χ0n) is 13.1. The summed E-state index contributed by atoms with van der Waals surface area (Å²) < 4.78 is 7.69. The number of nitrogens with zero attached hydrogens (tertiary/aromatic N) is 3. The second-order valence-electron chi connectivity index (χ2n) is 5.98. The van der Waals surface area contributed by atoms with Crippen LogP contribution in [0.1, 0.15) is 40.8 Å². The highest BCUT2D eigenvalue weighted by Crippen LogP contribution is 2.34. The van der Waals surface area contributed by atoms with Gasteiger partial charge in [-0.1, -0.05) is 23.5 Å². The van der Waals surface area contributed by atoms with Crippen molar-refractivity contribution in [1.29, 1.82) is 0 Å². The zero-order chi connectivity index (χ0) is 15.3. The van der Waals surface area contributed by atoms with Crippen molar-refractivity contribution >= 4 is 16.3 Å². The molecule has 4 nitrogen and oxygen atoms in total. The van der Waals surface area contributed by atoms with Crippen molar-refractivity contribution < 1.29 is 4.74 Å². The molecule has 114 valence electrons. The van der Waals surface area contributed by atoms with Crippen LogP contribution < -0.4 is 0 Å². The average molecular weight is 313 g/mol. The molecule has 0 aliphatic carbocycles. The van der Waals surface area contributed by atoms with Crippen LogP contribution in [-0.4, -0.2) is 21.2 Å². The second kappa shape index (κ2) is 5.18. The van der Waals surface area contributed by atoms with Gasteiger partial charge in [0, 0.05) is 12.2 Å². The first kappa shape index (κ1) is 13.9. The van der Waals surface area contributed by atoms with Gasteiger partial charge in [0.2, 0.25) is 4.96 Å². The van der Waals surface area contributed by atoms with Crippen molar-refractivity contribution in [2.75, 3.05) is 6.61 Å². The van der Waals surface area contributed by atoms with Crippen LogP contribution in [-0.2, 0) is 4.74 Å². The number of hydrogen-bond donors (Lipinski definition) is 0. The lowest BCUT2D eigenvalue weighted by molar-refractivity contribution is 0.111. The summed E-state index contributed by atoms with van der Waals surface area (Å²) in [6.07, 6.45) is 2.36. The molecular formula is C17H19N3OS. The molecule has 3 heterocycles. The first-order valence-corrected chi connectivity index (χ1v) is 8.50. The van der Waals surface area contributed by atoms with Crippen LogP contribution in [0.4, 0.5) is 0 Å². The summed E-state index contributed by atoms with van der Waals surface area (Å²) in [4.78, 5) is 5.76. The lowest BCUT2D eigenvalue weighted by atomic mass is 10.0. The van der Waals surface area contributed by atoms with E-state index in [1.165, 1.54) is 11.1 Å². The summed E-state index contributed by atoms with van der Waals surface area (Å²) in [5.41, 5.74) is 5.89. The fraction of sp³-hybridized carbons (Fsp3) is 0.412. The predicted molar refractivity (Wildman–Crippen MR) is 88.4 cm³/mol. The van der Waals surface area contributed by atoms with Crippen molar-refractivity contribution in [3.05, 3.63) is 40.0 Å². The minimum Gasteiger partial charge on any atom is -0.371 e. The Morgan fingerprint density at radius 3 is 2.77 bits per heavy atom. The van der Waals surface area contributed by atoms with E-state index in [1.54, 1.807) is 11.3 Å². The Kier molecular flexibility index (Phi) is 3.27. The molecule has 1 fully saturated rings. The number of fused-ring (bicyclic) bond motifs is 1. The monoisotopic (exact) mass is 313 g/mol. The maximum absolute atomic E-state index is 5.73. The Bertz CT molecular complexity index is 843. The summed E-state index contributed by atoms with van der Waals surface area (Å²) in [5.74, 6) is 0. The number of aryl methyl sites for hydroxylation is 3. The highest BCUT2D eigenvalue weighted by Gasteiger charge is 2.23. The minimum absolute atomic E-state index is 0.163. The number of imidazole rings is 1. The van der Waals surface area contributed by atoms with Crippen LogP contribution in [0.3, 0.4) is 0 Å². The summed E-state index contributed by atoms with van der Waals surface area (Å²) in [6, 6.07) is 6.50. The lowest BCUT2D eigenvalue weighted by Crippen LogP contribution is -1.97. The maximum atomic E-state index is 5.73. The van der Waals surface area contributed by atoms with Crippen LogP contribution in [0.2, 0.25) is 0 Å². The van der Waals surface area contributed by atoms with Gasteiger partial charge in [-0.3, -0.25) is 0 Å². The standard InChI is InChI=1S/C17H19N3OS/c1-10-6-7-13(9-11(10)2)15-12(3)20-17(18-15)22-16(19-20)14-5-4-8-21-14/h6-7,9,14H,4-5,8H2,1-3H3. The molecule has 0 saturated carbocycles. The van der Waals surface area contributed by atoms with Gasteiger partial charge in [0.05, 0.1) is 11.4 Å². The Hall–Kier alpha value is -1.72. The van der Waals surface area contributed by atoms with E-state index < -0.39 is 0 Å². The molecule has 0 bridgehead atoms. The van der Waals surface area contributed by atoms with Gasteiger partial charge in [0.1, 0.15) is 11.1 Å². The van der Waals surface area contributed by atoms with Crippen LogP contribution in [0.25, 0.3) is 16.2 Å². The van der Waals surface area contributed by atoms with Crippen LogP contribution in [0, 0.1) is 20.8 Å². The second-order valence-corrected chi connectivity index (χ2v) is 6.97. The average Bonchev–Trinajstić information content (AvgIpc) is 3.19. The van der Waals surface area contributed by atoms with Crippen LogP contribution >= 0.6 is 11.3 Å². The van der Waals surface area contributed by atoms with E-state index in [2.05, 4.69) is 39.0 Å². The molecule has 1 unspecified atom stereocenters. The Morgan fingerprint density at radius 1 is 1.23 bits per heavy atom. The molecule has 1 atom stereocenters. The molecule has 0 radical (unpaired) electrons. The van der Waals surface area contributed by atoms with Crippen molar-refractivity contribution in [1.82, 2.24) is 14.6 Å². The molecule has 0 amide bonds. The maximum Gasteiger partial charge on any atom is 0.213 e. The third-order valence-electron chi connectivity index (χ3n) is 4.43. The molecular weight excluding hydrogens is 294 g/mol. The van der Waals surface area contributed by atoms with Crippen LogP contribution in [0.5, 0.6) is 0 Å². The Morgan fingerprint density at radius 2 is 2.09 bits per heavy atom. The van der Waals surface area contributed by atoms with E-state index in [-0.39, 0.29) is 6.10 Å². The summed E-state index contributed by atoms with van der Waals surface area (Å²) >= 11 is 1.65. The highest BCUT2D eigenvalue weighted by atomic mass is 32.1. The molecule has 0 N–H and O–H groups in total. The van der Waals surface area contributed by atoms with Gasteiger partial charge in [-0.2, -0.15) is 5.10 Å². The number of rotatable bonds is 2. The fourth-order valence-electron chi connectivity index (χ4n) is 2.93. The van der Waals surface area contributed by atoms with Crippen molar-refractivity contribution in [2.24, 2.45) is 0 Å². The normalized spacial score (nSPS) is 18.4. The highest BCUT2D eigenvalue weighted by molar-refractivity contribution is 7.16.